The minimum atomic E-state index is -0.00893. The molecule has 0 N–H and O–H groups in total. The van der Waals surface area contributed by atoms with E-state index in [9.17, 15) is 4.79 Å². The maximum absolute atomic E-state index is 12.9. The molecular weight excluding hydrogens is 454 g/mol. The summed E-state index contributed by atoms with van der Waals surface area (Å²) in [6.07, 6.45) is 6.36. The van der Waals surface area contributed by atoms with Gasteiger partial charge in [-0.3, -0.25) is 9.69 Å². The molecule has 1 aromatic carbocycles. The predicted octanol–water partition coefficient (Wildman–Crippen LogP) is 7.13. The SMILES string of the molecule is CCCC[C@H](CC)CN1C(=O)/C(=C\c2ccc(-c3cccc(Br)c3)o2)SC1=S. The fourth-order valence-corrected chi connectivity index (χ4v) is 4.84. The highest BCUT2D eigenvalue weighted by atomic mass is 79.9. The zero-order valence-electron chi connectivity index (χ0n) is 16.1. The molecule has 1 saturated heterocycles. The van der Waals surface area contributed by atoms with Crippen LogP contribution in [0, 0.1) is 5.92 Å². The van der Waals surface area contributed by atoms with Crippen molar-refractivity contribution in [1.82, 2.24) is 4.90 Å². The van der Waals surface area contributed by atoms with Crippen molar-refractivity contribution in [2.45, 2.75) is 39.5 Å². The van der Waals surface area contributed by atoms with Gasteiger partial charge in [-0.15, -0.1) is 0 Å². The first-order valence-electron chi connectivity index (χ1n) is 9.63. The summed E-state index contributed by atoms with van der Waals surface area (Å²) in [6.45, 7) is 5.08. The van der Waals surface area contributed by atoms with Gasteiger partial charge in [0.1, 0.15) is 15.8 Å². The molecular formula is C22H24BrNO2S2. The number of thioether (sulfide) groups is 1. The van der Waals surface area contributed by atoms with Gasteiger partial charge in [0.25, 0.3) is 5.91 Å². The molecule has 148 valence electrons. The van der Waals surface area contributed by atoms with Crippen LogP contribution in [-0.2, 0) is 4.79 Å². The Kier molecular flexibility index (Phi) is 7.55. The summed E-state index contributed by atoms with van der Waals surface area (Å²) in [5.74, 6) is 1.92. The average Bonchev–Trinajstić information content (AvgIpc) is 3.25. The fraction of sp³-hybridized carbons (Fsp3) is 0.364. The number of hydrogen-bond donors (Lipinski definition) is 0. The molecule has 3 rings (SSSR count). The minimum Gasteiger partial charge on any atom is -0.457 e. The highest BCUT2D eigenvalue weighted by molar-refractivity contribution is 9.10. The number of amides is 1. The molecule has 1 aliphatic heterocycles. The van der Waals surface area contributed by atoms with Crippen LogP contribution in [0.2, 0.25) is 0 Å². The smallest absolute Gasteiger partial charge is 0.266 e. The number of carbonyl (C=O) groups excluding carboxylic acids is 1. The van der Waals surface area contributed by atoms with E-state index in [1.165, 1.54) is 24.6 Å². The maximum Gasteiger partial charge on any atom is 0.266 e. The van der Waals surface area contributed by atoms with Crippen molar-refractivity contribution in [2.75, 3.05) is 6.54 Å². The average molecular weight is 478 g/mol. The third kappa shape index (κ3) is 5.16. The van der Waals surface area contributed by atoms with Crippen LogP contribution >= 0.6 is 39.9 Å². The third-order valence-corrected chi connectivity index (χ3v) is 6.74. The Morgan fingerprint density at radius 1 is 1.29 bits per heavy atom. The molecule has 6 heteroatoms. The van der Waals surface area contributed by atoms with Crippen LogP contribution in [0.4, 0.5) is 0 Å². The topological polar surface area (TPSA) is 33.5 Å². The first-order chi connectivity index (χ1) is 13.5. The number of hydrogen-bond acceptors (Lipinski definition) is 4. The van der Waals surface area contributed by atoms with Crippen molar-refractivity contribution in [3.63, 3.8) is 0 Å². The fourth-order valence-electron chi connectivity index (χ4n) is 3.19. The van der Waals surface area contributed by atoms with E-state index in [1.54, 1.807) is 11.0 Å². The summed E-state index contributed by atoms with van der Waals surface area (Å²) in [7, 11) is 0. The van der Waals surface area contributed by atoms with Crippen LogP contribution in [-0.4, -0.2) is 21.7 Å². The van der Waals surface area contributed by atoms with E-state index in [2.05, 4.69) is 29.8 Å². The van der Waals surface area contributed by atoms with Gasteiger partial charge in [-0.05, 0) is 36.6 Å². The zero-order chi connectivity index (χ0) is 20.1. The quantitative estimate of drug-likeness (QED) is 0.299. The number of halogens is 1. The Hall–Kier alpha value is -1.37. The molecule has 1 amide bonds. The van der Waals surface area contributed by atoms with Crippen LogP contribution in [0.5, 0.6) is 0 Å². The lowest BCUT2D eigenvalue weighted by Gasteiger charge is -2.21. The molecule has 28 heavy (non-hydrogen) atoms. The molecule has 0 unspecified atom stereocenters. The van der Waals surface area contributed by atoms with Crippen LogP contribution in [0.3, 0.4) is 0 Å². The molecule has 1 fully saturated rings. The number of nitrogens with zero attached hydrogens (tertiary/aromatic N) is 1. The van der Waals surface area contributed by atoms with Crippen molar-refractivity contribution in [3.05, 3.63) is 51.5 Å². The van der Waals surface area contributed by atoms with Crippen molar-refractivity contribution < 1.29 is 9.21 Å². The minimum absolute atomic E-state index is 0.00893. The summed E-state index contributed by atoms with van der Waals surface area (Å²) in [5, 5.41) is 0. The van der Waals surface area contributed by atoms with E-state index >= 15 is 0 Å². The molecule has 1 atom stereocenters. The lowest BCUT2D eigenvalue weighted by molar-refractivity contribution is -0.122. The second-order valence-electron chi connectivity index (χ2n) is 6.92. The van der Waals surface area contributed by atoms with Crippen LogP contribution in [0.1, 0.15) is 45.3 Å². The van der Waals surface area contributed by atoms with Gasteiger partial charge in [0.2, 0.25) is 0 Å². The molecule has 0 saturated carbocycles. The van der Waals surface area contributed by atoms with E-state index in [0.717, 1.165) is 28.6 Å². The Morgan fingerprint density at radius 2 is 2.11 bits per heavy atom. The van der Waals surface area contributed by atoms with Gasteiger partial charge in [0.15, 0.2) is 0 Å². The number of thiocarbonyl (C=S) groups is 1. The summed E-state index contributed by atoms with van der Waals surface area (Å²) in [5.41, 5.74) is 0.989. The monoisotopic (exact) mass is 477 g/mol. The molecule has 1 aromatic heterocycles. The van der Waals surface area contributed by atoms with E-state index in [-0.39, 0.29) is 5.91 Å². The van der Waals surface area contributed by atoms with E-state index in [4.69, 9.17) is 16.6 Å². The molecule has 0 aliphatic carbocycles. The molecule has 0 bridgehead atoms. The lowest BCUT2D eigenvalue weighted by atomic mass is 9.99. The zero-order valence-corrected chi connectivity index (χ0v) is 19.3. The maximum atomic E-state index is 12.9. The summed E-state index contributed by atoms with van der Waals surface area (Å²) in [6, 6.07) is 11.8. The van der Waals surface area contributed by atoms with Crippen molar-refractivity contribution in [1.29, 1.82) is 0 Å². The first-order valence-corrected chi connectivity index (χ1v) is 11.6. The second kappa shape index (κ2) is 9.90. The van der Waals surface area contributed by atoms with Crippen LogP contribution in [0.15, 0.2) is 50.2 Å². The Balaban J connectivity index is 1.73. The van der Waals surface area contributed by atoms with Gasteiger partial charge in [-0.1, -0.05) is 85.2 Å². The van der Waals surface area contributed by atoms with E-state index < -0.39 is 0 Å². The van der Waals surface area contributed by atoms with Crippen molar-refractivity contribution in [3.8, 4) is 11.3 Å². The Bertz CT molecular complexity index is 890. The highest BCUT2D eigenvalue weighted by Gasteiger charge is 2.33. The summed E-state index contributed by atoms with van der Waals surface area (Å²) < 4.78 is 7.58. The molecule has 2 heterocycles. The van der Waals surface area contributed by atoms with Crippen LogP contribution in [0.25, 0.3) is 17.4 Å². The third-order valence-electron chi connectivity index (χ3n) is 4.87. The van der Waals surface area contributed by atoms with Crippen molar-refractivity contribution in [2.24, 2.45) is 5.92 Å². The number of unbranched alkanes of at least 4 members (excludes halogenated alkanes) is 1. The van der Waals surface area contributed by atoms with Gasteiger partial charge in [-0.2, -0.15) is 0 Å². The predicted molar refractivity (Wildman–Crippen MR) is 125 cm³/mol. The second-order valence-corrected chi connectivity index (χ2v) is 9.51. The largest absolute Gasteiger partial charge is 0.457 e. The normalized spacial score (nSPS) is 17.0. The van der Waals surface area contributed by atoms with E-state index in [0.29, 0.717) is 27.4 Å². The number of furan rings is 1. The number of carbonyl (C=O) groups is 1. The lowest BCUT2D eigenvalue weighted by Crippen LogP contribution is -2.33. The molecule has 0 spiro atoms. The standard InChI is InChI=1S/C22H24BrNO2S2/c1-3-5-7-15(4-2)14-24-21(25)20(28-22(24)27)13-18-10-11-19(26-18)16-8-6-9-17(23)12-16/h6,8-13,15H,3-5,7,14H2,1-2H3/b20-13+/t15-/m0/s1. The number of rotatable bonds is 8. The summed E-state index contributed by atoms with van der Waals surface area (Å²) in [4.78, 5) is 15.3. The van der Waals surface area contributed by atoms with Gasteiger partial charge in [0, 0.05) is 22.7 Å². The first kappa shape index (κ1) is 21.3. The van der Waals surface area contributed by atoms with Crippen molar-refractivity contribution >= 4 is 56.2 Å². The van der Waals surface area contributed by atoms with Gasteiger partial charge in [0.05, 0.1) is 4.91 Å². The van der Waals surface area contributed by atoms with E-state index in [1.807, 2.05) is 36.4 Å². The molecule has 3 nitrogen and oxygen atoms in total. The number of benzene rings is 1. The summed E-state index contributed by atoms with van der Waals surface area (Å²) >= 11 is 10.3. The Morgan fingerprint density at radius 3 is 2.82 bits per heavy atom. The van der Waals surface area contributed by atoms with Gasteiger partial charge < -0.3 is 4.42 Å². The van der Waals surface area contributed by atoms with Gasteiger partial charge >= 0.3 is 0 Å². The van der Waals surface area contributed by atoms with Crippen LogP contribution < -0.4 is 0 Å². The van der Waals surface area contributed by atoms with Gasteiger partial charge in [-0.25, -0.2) is 0 Å². The molecule has 0 radical (unpaired) electrons. The molecule has 1 aliphatic rings. The molecule has 2 aromatic rings. The Labute approximate surface area is 184 Å². The highest BCUT2D eigenvalue weighted by Crippen LogP contribution is 2.35.